The molecule has 0 spiro atoms. The average molecular weight is 367 g/mol. The van der Waals surface area contributed by atoms with Crippen molar-refractivity contribution in [1.29, 1.82) is 0 Å². The molecule has 2 rings (SSSR count). The summed E-state index contributed by atoms with van der Waals surface area (Å²) in [6.07, 6.45) is 1.71. The summed E-state index contributed by atoms with van der Waals surface area (Å²) in [6.45, 7) is 13.5. The van der Waals surface area contributed by atoms with Gasteiger partial charge in [0, 0.05) is 11.6 Å². The second-order valence-electron chi connectivity index (χ2n) is 7.24. The molecule has 0 atom stereocenters. The van der Waals surface area contributed by atoms with Gasteiger partial charge in [-0.25, -0.2) is 9.78 Å². The molecular weight excluding hydrogens is 340 g/mol. The molecule has 132 valence electrons. The predicted molar refractivity (Wildman–Crippen MR) is 103 cm³/mol. The zero-order valence-corrected chi connectivity index (χ0v) is 17.3. The lowest BCUT2D eigenvalue weighted by Crippen LogP contribution is -2.53. The summed E-state index contributed by atoms with van der Waals surface area (Å²) in [5.74, 6) is -0.331. The van der Waals surface area contributed by atoms with E-state index in [0.717, 1.165) is 11.0 Å². The molecule has 0 radical (unpaired) electrons. The molecule has 4 nitrogen and oxygen atoms in total. The zero-order chi connectivity index (χ0) is 18.2. The first-order chi connectivity index (χ1) is 11.2. The minimum Gasteiger partial charge on any atom is -0.464 e. The van der Waals surface area contributed by atoms with Gasteiger partial charge in [-0.1, -0.05) is 53.1 Å². The van der Waals surface area contributed by atoms with Gasteiger partial charge in [-0.05, 0) is 28.8 Å². The van der Waals surface area contributed by atoms with E-state index in [1.165, 1.54) is 7.11 Å². The summed E-state index contributed by atoms with van der Waals surface area (Å²) in [6, 6.07) is 3.60. The Morgan fingerprint density at radius 3 is 2.17 bits per heavy atom. The van der Waals surface area contributed by atoms with Gasteiger partial charge in [0.15, 0.2) is 8.24 Å². The molecule has 2 aromatic rings. The van der Waals surface area contributed by atoms with Crippen LogP contribution in [0.4, 0.5) is 0 Å². The largest absolute Gasteiger partial charge is 0.464 e. The van der Waals surface area contributed by atoms with Crippen LogP contribution in [0.5, 0.6) is 0 Å². The number of rotatable bonds is 5. The first-order valence-corrected chi connectivity index (χ1v) is 11.0. The van der Waals surface area contributed by atoms with E-state index in [-0.39, 0.29) is 5.97 Å². The first-order valence-electron chi connectivity index (χ1n) is 8.44. The lowest BCUT2D eigenvalue weighted by atomic mass is 10.3. The van der Waals surface area contributed by atoms with Gasteiger partial charge in [-0.3, -0.25) is 0 Å². The molecule has 0 saturated heterocycles. The molecule has 0 N–H and O–H groups in total. The molecule has 0 bridgehead atoms. The van der Waals surface area contributed by atoms with Gasteiger partial charge in [-0.15, -0.1) is 0 Å². The van der Waals surface area contributed by atoms with Crippen LogP contribution in [-0.2, 0) is 4.74 Å². The van der Waals surface area contributed by atoms with Gasteiger partial charge >= 0.3 is 5.97 Å². The number of pyridine rings is 1. The van der Waals surface area contributed by atoms with Crippen LogP contribution in [0.15, 0.2) is 18.3 Å². The summed E-state index contributed by atoms with van der Waals surface area (Å²) in [7, 11) is -0.748. The molecule has 6 heteroatoms. The Bertz CT molecular complexity index is 731. The van der Waals surface area contributed by atoms with E-state index in [2.05, 4.69) is 50.8 Å². The van der Waals surface area contributed by atoms with Gasteiger partial charge in [-0.2, -0.15) is 0 Å². The normalized spacial score (nSPS) is 12.6. The van der Waals surface area contributed by atoms with Crippen molar-refractivity contribution >= 4 is 36.8 Å². The number of fused-ring (bicyclic) bond motifs is 1. The van der Waals surface area contributed by atoms with Crippen LogP contribution in [0.25, 0.3) is 11.0 Å². The van der Waals surface area contributed by atoms with E-state index < -0.39 is 8.24 Å². The topological polar surface area (TPSA) is 44.1 Å². The number of aromatic nitrogens is 2. The minimum absolute atomic E-state index is 0.331. The fourth-order valence-electron chi connectivity index (χ4n) is 4.49. The number of halogens is 1. The molecule has 0 aliphatic rings. The van der Waals surface area contributed by atoms with E-state index in [1.54, 1.807) is 12.3 Å². The van der Waals surface area contributed by atoms with Crippen LogP contribution in [-0.4, -0.2) is 30.5 Å². The third-order valence-electron chi connectivity index (χ3n) is 5.21. The van der Waals surface area contributed by atoms with Crippen LogP contribution in [0, 0.1) is 0 Å². The number of nitrogens with zero attached hydrogens (tertiary/aromatic N) is 2. The maximum absolute atomic E-state index is 12.5. The highest BCUT2D eigenvalue weighted by atomic mass is 35.5. The highest BCUT2D eigenvalue weighted by Crippen LogP contribution is 2.45. The minimum atomic E-state index is -2.17. The van der Waals surface area contributed by atoms with Crippen LogP contribution < -0.4 is 0 Å². The molecular formula is C18H27ClN2O2Si. The van der Waals surface area contributed by atoms with Crippen molar-refractivity contribution in [2.24, 2.45) is 0 Å². The second-order valence-corrected chi connectivity index (χ2v) is 13.3. The molecule has 0 aliphatic heterocycles. The van der Waals surface area contributed by atoms with E-state index in [9.17, 15) is 4.79 Å². The Morgan fingerprint density at radius 2 is 1.71 bits per heavy atom. The fourth-order valence-corrected chi connectivity index (χ4v) is 11.4. The molecule has 0 aromatic carbocycles. The number of carbonyl (C=O) groups is 1. The molecule has 2 heterocycles. The second kappa shape index (κ2) is 6.88. The fraction of sp³-hybridized carbons (Fsp3) is 0.556. The van der Waals surface area contributed by atoms with E-state index >= 15 is 0 Å². The summed E-state index contributed by atoms with van der Waals surface area (Å²) < 4.78 is 7.28. The van der Waals surface area contributed by atoms with E-state index in [4.69, 9.17) is 16.3 Å². The monoisotopic (exact) mass is 366 g/mol. The summed E-state index contributed by atoms with van der Waals surface area (Å²) in [5, 5.41) is 1.43. The molecule has 0 fully saturated rings. The smallest absolute Gasteiger partial charge is 0.353 e. The standard InChI is InChI=1S/C18H27ClN2O2Si/c1-11(2)24(12(3)4,13(5)6)21-16(18(22)23-7)10-14-15(19)8-9-20-17(14)21/h8-13H,1-7H3. The highest BCUT2D eigenvalue weighted by molar-refractivity contribution is 6.83. The Balaban J connectivity index is 3.00. The van der Waals surface area contributed by atoms with Crippen LogP contribution in [0.2, 0.25) is 21.6 Å². The van der Waals surface area contributed by atoms with Crippen molar-refractivity contribution < 1.29 is 9.53 Å². The third-order valence-corrected chi connectivity index (χ3v) is 12.3. The number of hydrogen-bond donors (Lipinski definition) is 0. The first kappa shape index (κ1) is 19.0. The molecule has 24 heavy (non-hydrogen) atoms. The van der Waals surface area contributed by atoms with Crippen molar-refractivity contribution in [2.45, 2.75) is 58.2 Å². The van der Waals surface area contributed by atoms with Crippen molar-refractivity contribution in [3.63, 3.8) is 0 Å². The van der Waals surface area contributed by atoms with Gasteiger partial charge in [0.25, 0.3) is 0 Å². The van der Waals surface area contributed by atoms with Gasteiger partial charge in [0.05, 0.1) is 12.1 Å². The van der Waals surface area contributed by atoms with Crippen LogP contribution >= 0.6 is 11.6 Å². The Labute approximate surface area is 150 Å². The molecule has 0 amide bonds. The summed E-state index contributed by atoms with van der Waals surface area (Å²) >= 11 is 6.39. The summed E-state index contributed by atoms with van der Waals surface area (Å²) in [5.41, 5.74) is 2.65. The lowest BCUT2D eigenvalue weighted by molar-refractivity contribution is 0.0592. The Hall–Kier alpha value is -1.33. The third kappa shape index (κ3) is 2.67. The van der Waals surface area contributed by atoms with Gasteiger partial charge in [0.2, 0.25) is 0 Å². The SMILES string of the molecule is COC(=O)c1cc2c(Cl)ccnc2n1[Si](C(C)C)(C(C)C)C(C)C. The Kier molecular flexibility index (Phi) is 5.45. The summed E-state index contributed by atoms with van der Waals surface area (Å²) in [4.78, 5) is 17.1. The van der Waals surface area contributed by atoms with Crippen molar-refractivity contribution in [3.8, 4) is 0 Å². The van der Waals surface area contributed by atoms with Gasteiger partial charge in [0.1, 0.15) is 11.3 Å². The zero-order valence-electron chi connectivity index (χ0n) is 15.6. The van der Waals surface area contributed by atoms with Crippen LogP contribution in [0.3, 0.4) is 0 Å². The number of carbonyl (C=O) groups excluding carboxylic acids is 1. The molecule has 2 aromatic heterocycles. The van der Waals surface area contributed by atoms with Crippen molar-refractivity contribution in [3.05, 3.63) is 29.0 Å². The quantitative estimate of drug-likeness (QED) is 0.518. The van der Waals surface area contributed by atoms with Gasteiger partial charge < -0.3 is 8.97 Å². The number of hydrogen-bond acceptors (Lipinski definition) is 3. The molecule has 0 saturated carbocycles. The van der Waals surface area contributed by atoms with E-state index in [1.807, 2.05) is 6.07 Å². The van der Waals surface area contributed by atoms with E-state index in [0.29, 0.717) is 27.3 Å². The number of methoxy groups -OCH3 is 1. The average Bonchev–Trinajstić information content (AvgIpc) is 2.87. The van der Waals surface area contributed by atoms with Crippen LogP contribution in [0.1, 0.15) is 52.0 Å². The highest BCUT2D eigenvalue weighted by Gasteiger charge is 2.48. The maximum Gasteiger partial charge on any atom is 0.353 e. The van der Waals surface area contributed by atoms with Crippen molar-refractivity contribution in [1.82, 2.24) is 9.22 Å². The number of ether oxygens (including phenoxy) is 1. The maximum atomic E-state index is 12.5. The molecule has 0 unspecified atom stereocenters. The molecule has 0 aliphatic carbocycles. The number of esters is 1. The Morgan fingerprint density at radius 1 is 1.17 bits per heavy atom. The van der Waals surface area contributed by atoms with Crippen molar-refractivity contribution in [2.75, 3.05) is 7.11 Å². The lowest BCUT2D eigenvalue weighted by Gasteiger charge is -2.44. The predicted octanol–water partition coefficient (Wildman–Crippen LogP) is 5.50.